The Kier molecular flexibility index (Phi) is 5.63. The van der Waals surface area contributed by atoms with Crippen molar-refractivity contribution in [2.75, 3.05) is 13.7 Å². The summed E-state index contributed by atoms with van der Waals surface area (Å²) in [5.74, 6) is 1.94. The maximum atomic E-state index is 5.61. The van der Waals surface area contributed by atoms with Crippen LogP contribution in [0.1, 0.15) is 38.2 Å². The maximum absolute atomic E-state index is 5.61. The number of hydrogen-bond donors (Lipinski definition) is 1. The fourth-order valence-corrected chi connectivity index (χ4v) is 1.35. The number of nitrogens with one attached hydrogen (secondary N) is 1. The lowest BCUT2D eigenvalue weighted by Gasteiger charge is -2.11. The first-order chi connectivity index (χ1) is 8.19. The van der Waals surface area contributed by atoms with Gasteiger partial charge in [-0.3, -0.25) is 0 Å². The Morgan fingerprint density at radius 1 is 1.47 bits per heavy atom. The van der Waals surface area contributed by atoms with Crippen molar-refractivity contribution < 1.29 is 4.74 Å². The highest BCUT2D eigenvalue weighted by Crippen LogP contribution is 2.18. The molecule has 0 atom stereocenters. The third-order valence-electron chi connectivity index (χ3n) is 2.28. The Morgan fingerprint density at radius 3 is 2.82 bits per heavy atom. The third-order valence-corrected chi connectivity index (χ3v) is 2.28. The second-order valence-electron chi connectivity index (χ2n) is 4.10. The zero-order valence-corrected chi connectivity index (χ0v) is 11.0. The molecule has 0 aliphatic carbocycles. The van der Waals surface area contributed by atoms with E-state index in [4.69, 9.17) is 4.74 Å². The zero-order valence-electron chi connectivity index (χ0n) is 11.0. The molecule has 1 heterocycles. The summed E-state index contributed by atoms with van der Waals surface area (Å²) in [7, 11) is 1.90. The SMILES string of the molecule is CC=CCOc1cnc(C(C)C)nc1CNC. The van der Waals surface area contributed by atoms with Crippen LogP contribution in [0, 0.1) is 0 Å². The van der Waals surface area contributed by atoms with Crippen molar-refractivity contribution in [3.05, 3.63) is 29.9 Å². The van der Waals surface area contributed by atoms with Crippen molar-refractivity contribution in [3.63, 3.8) is 0 Å². The van der Waals surface area contributed by atoms with Gasteiger partial charge >= 0.3 is 0 Å². The molecule has 0 radical (unpaired) electrons. The summed E-state index contributed by atoms with van der Waals surface area (Å²) in [6.07, 6.45) is 5.68. The molecule has 1 N–H and O–H groups in total. The molecule has 0 aliphatic heterocycles. The van der Waals surface area contributed by atoms with Gasteiger partial charge in [0.1, 0.15) is 12.4 Å². The average molecular weight is 235 g/mol. The van der Waals surface area contributed by atoms with E-state index < -0.39 is 0 Å². The van der Waals surface area contributed by atoms with Crippen LogP contribution in [0.25, 0.3) is 0 Å². The minimum Gasteiger partial charge on any atom is -0.486 e. The second kappa shape index (κ2) is 7.01. The molecule has 0 aromatic carbocycles. The smallest absolute Gasteiger partial charge is 0.160 e. The molecule has 1 rings (SSSR count). The van der Waals surface area contributed by atoms with E-state index >= 15 is 0 Å². The summed E-state index contributed by atoms with van der Waals surface area (Å²) >= 11 is 0. The molecule has 4 heteroatoms. The van der Waals surface area contributed by atoms with Crippen LogP contribution >= 0.6 is 0 Å². The van der Waals surface area contributed by atoms with Crippen LogP contribution in [0.4, 0.5) is 0 Å². The number of allylic oxidation sites excluding steroid dienone is 1. The van der Waals surface area contributed by atoms with E-state index in [0.29, 0.717) is 19.1 Å². The summed E-state index contributed by atoms with van der Waals surface area (Å²) in [5, 5.41) is 3.09. The maximum Gasteiger partial charge on any atom is 0.160 e. The lowest BCUT2D eigenvalue weighted by molar-refractivity contribution is 0.352. The second-order valence-corrected chi connectivity index (χ2v) is 4.10. The molecule has 17 heavy (non-hydrogen) atoms. The number of aromatic nitrogens is 2. The predicted molar refractivity (Wildman–Crippen MR) is 69.2 cm³/mol. The molecule has 0 unspecified atom stereocenters. The Morgan fingerprint density at radius 2 is 2.24 bits per heavy atom. The van der Waals surface area contributed by atoms with Crippen LogP contribution in [0.5, 0.6) is 5.75 Å². The molecule has 0 saturated carbocycles. The molecule has 0 saturated heterocycles. The van der Waals surface area contributed by atoms with Crippen LogP contribution in [-0.2, 0) is 6.54 Å². The Bertz CT molecular complexity index is 375. The summed E-state index contributed by atoms with van der Waals surface area (Å²) in [6, 6.07) is 0. The largest absolute Gasteiger partial charge is 0.486 e. The van der Waals surface area contributed by atoms with Crippen molar-refractivity contribution in [3.8, 4) is 5.75 Å². The van der Waals surface area contributed by atoms with E-state index in [-0.39, 0.29) is 0 Å². The van der Waals surface area contributed by atoms with Gasteiger partial charge in [0, 0.05) is 12.5 Å². The van der Waals surface area contributed by atoms with Gasteiger partial charge in [0.05, 0.1) is 11.9 Å². The lowest BCUT2D eigenvalue weighted by atomic mass is 10.2. The first-order valence-corrected chi connectivity index (χ1v) is 5.93. The molecule has 4 nitrogen and oxygen atoms in total. The Balaban J connectivity index is 2.87. The number of hydrogen-bond acceptors (Lipinski definition) is 4. The normalized spacial score (nSPS) is 11.4. The minimum atomic E-state index is 0.329. The highest BCUT2D eigenvalue weighted by molar-refractivity contribution is 5.25. The fourth-order valence-electron chi connectivity index (χ4n) is 1.35. The van der Waals surface area contributed by atoms with E-state index in [1.807, 2.05) is 26.1 Å². The number of ether oxygens (including phenoxy) is 1. The summed E-state index contributed by atoms with van der Waals surface area (Å²) in [6.45, 7) is 7.37. The van der Waals surface area contributed by atoms with Crippen molar-refractivity contribution in [2.24, 2.45) is 0 Å². The third kappa shape index (κ3) is 4.15. The quantitative estimate of drug-likeness (QED) is 0.768. The predicted octanol–water partition coefficient (Wildman–Crippen LogP) is 2.27. The monoisotopic (exact) mass is 235 g/mol. The lowest BCUT2D eigenvalue weighted by Crippen LogP contribution is -2.12. The first-order valence-electron chi connectivity index (χ1n) is 5.93. The summed E-state index contributed by atoms with van der Waals surface area (Å²) in [5.41, 5.74) is 0.913. The van der Waals surface area contributed by atoms with E-state index in [0.717, 1.165) is 17.3 Å². The van der Waals surface area contributed by atoms with Crippen LogP contribution < -0.4 is 10.1 Å². The van der Waals surface area contributed by atoms with Gasteiger partial charge in [0.15, 0.2) is 5.75 Å². The van der Waals surface area contributed by atoms with Crippen molar-refractivity contribution >= 4 is 0 Å². The molecule has 1 aromatic heterocycles. The van der Waals surface area contributed by atoms with Gasteiger partial charge in [-0.2, -0.15) is 0 Å². The molecule has 0 spiro atoms. The van der Waals surface area contributed by atoms with Gasteiger partial charge in [0.25, 0.3) is 0 Å². The van der Waals surface area contributed by atoms with E-state index in [2.05, 4.69) is 29.1 Å². The Labute approximate surface area is 103 Å². The minimum absolute atomic E-state index is 0.329. The molecule has 0 amide bonds. The van der Waals surface area contributed by atoms with Gasteiger partial charge in [0.2, 0.25) is 0 Å². The highest BCUT2D eigenvalue weighted by Gasteiger charge is 2.09. The molecule has 0 aliphatic rings. The molecule has 0 bridgehead atoms. The van der Waals surface area contributed by atoms with Crippen molar-refractivity contribution in [2.45, 2.75) is 33.2 Å². The Hall–Kier alpha value is -1.42. The van der Waals surface area contributed by atoms with Crippen LogP contribution in [0.15, 0.2) is 18.3 Å². The summed E-state index contributed by atoms with van der Waals surface area (Å²) < 4.78 is 5.61. The topological polar surface area (TPSA) is 47.0 Å². The molecule has 0 fully saturated rings. The number of nitrogens with zero attached hydrogens (tertiary/aromatic N) is 2. The van der Waals surface area contributed by atoms with Crippen LogP contribution in [0.2, 0.25) is 0 Å². The van der Waals surface area contributed by atoms with Crippen LogP contribution in [-0.4, -0.2) is 23.6 Å². The first kappa shape index (κ1) is 13.6. The molecule has 94 valence electrons. The van der Waals surface area contributed by atoms with Crippen LogP contribution in [0.3, 0.4) is 0 Å². The standard InChI is InChI=1S/C13H21N3O/c1-5-6-7-17-12-9-15-13(10(2)3)16-11(12)8-14-4/h5-6,9-10,14H,7-8H2,1-4H3. The van der Waals surface area contributed by atoms with Gasteiger partial charge in [-0.1, -0.05) is 26.0 Å². The van der Waals surface area contributed by atoms with Crippen molar-refractivity contribution in [1.82, 2.24) is 15.3 Å². The van der Waals surface area contributed by atoms with Gasteiger partial charge in [-0.15, -0.1) is 0 Å². The average Bonchev–Trinajstić information content (AvgIpc) is 2.31. The molecular formula is C13H21N3O. The van der Waals surface area contributed by atoms with E-state index in [9.17, 15) is 0 Å². The van der Waals surface area contributed by atoms with Gasteiger partial charge in [-0.25, -0.2) is 9.97 Å². The summed E-state index contributed by atoms with van der Waals surface area (Å²) in [4.78, 5) is 8.83. The zero-order chi connectivity index (χ0) is 12.7. The van der Waals surface area contributed by atoms with Crippen molar-refractivity contribution in [1.29, 1.82) is 0 Å². The van der Waals surface area contributed by atoms with E-state index in [1.165, 1.54) is 0 Å². The molecule has 1 aromatic rings. The van der Waals surface area contributed by atoms with Gasteiger partial charge in [-0.05, 0) is 14.0 Å². The number of rotatable bonds is 6. The fraction of sp³-hybridized carbons (Fsp3) is 0.538. The highest BCUT2D eigenvalue weighted by atomic mass is 16.5. The van der Waals surface area contributed by atoms with E-state index in [1.54, 1.807) is 6.20 Å². The van der Waals surface area contributed by atoms with Gasteiger partial charge < -0.3 is 10.1 Å². The molecular weight excluding hydrogens is 214 g/mol.